The molecule has 214 valence electrons. The molecule has 4 aromatic rings. The fourth-order valence-electron chi connectivity index (χ4n) is 5.39. The van der Waals surface area contributed by atoms with Crippen LogP contribution in [0.2, 0.25) is 0 Å². The van der Waals surface area contributed by atoms with E-state index in [0.29, 0.717) is 30.5 Å². The number of ether oxygens (including phenoxy) is 1. The maximum Gasteiger partial charge on any atom is 0.407 e. The van der Waals surface area contributed by atoms with Gasteiger partial charge in [0.15, 0.2) is 0 Å². The minimum atomic E-state index is -0.658. The van der Waals surface area contributed by atoms with E-state index in [0.717, 1.165) is 35.0 Å². The molecule has 2 N–H and O–H groups in total. The summed E-state index contributed by atoms with van der Waals surface area (Å²) in [6, 6.07) is 18.4. The van der Waals surface area contributed by atoms with Crippen molar-refractivity contribution in [1.82, 2.24) is 20.2 Å². The minimum absolute atomic E-state index is 0.00286. The summed E-state index contributed by atoms with van der Waals surface area (Å²) in [6.07, 6.45) is 1.72. The third-order valence-electron chi connectivity index (χ3n) is 7.29. The number of hydrogen-bond donors (Lipinski definition) is 2. The van der Waals surface area contributed by atoms with Gasteiger partial charge in [0.2, 0.25) is 5.91 Å². The molecule has 2 heterocycles. The van der Waals surface area contributed by atoms with E-state index in [-0.39, 0.29) is 23.9 Å². The zero-order chi connectivity index (χ0) is 29.1. The molecule has 0 radical (unpaired) electrons. The number of nitrogens with zero attached hydrogens (tertiary/aromatic N) is 3. The van der Waals surface area contributed by atoms with Crippen LogP contribution >= 0.6 is 0 Å². The van der Waals surface area contributed by atoms with Gasteiger partial charge in [0.1, 0.15) is 11.4 Å². The summed E-state index contributed by atoms with van der Waals surface area (Å²) in [5.74, 6) is 0.651. The molecule has 2 amide bonds. The van der Waals surface area contributed by atoms with E-state index >= 15 is 0 Å². The summed E-state index contributed by atoms with van der Waals surface area (Å²) in [5.41, 5.74) is 1.63. The van der Waals surface area contributed by atoms with E-state index in [1.54, 1.807) is 26.8 Å². The number of alkyl carbamates (subject to hydrolysis) is 1. The molecule has 0 saturated carbocycles. The van der Waals surface area contributed by atoms with Crippen molar-refractivity contribution in [2.24, 2.45) is 0 Å². The van der Waals surface area contributed by atoms with Crippen LogP contribution in [0, 0.1) is 10.1 Å². The molecule has 0 spiro atoms. The number of aromatic amines is 1. The van der Waals surface area contributed by atoms with Crippen molar-refractivity contribution in [3.05, 3.63) is 82.2 Å². The molecule has 0 bridgehead atoms. The molecule has 0 unspecified atom stereocenters. The van der Waals surface area contributed by atoms with Crippen molar-refractivity contribution in [2.45, 2.75) is 64.0 Å². The molecule has 5 rings (SSSR count). The topological polar surface area (TPSA) is 130 Å². The minimum Gasteiger partial charge on any atom is -0.444 e. The molecular formula is C31H35N5O5. The highest BCUT2D eigenvalue weighted by Gasteiger charge is 2.29. The predicted molar refractivity (Wildman–Crippen MR) is 157 cm³/mol. The number of carbonyl (C=O) groups excluding carboxylic acids is 2. The fourth-order valence-corrected chi connectivity index (χ4v) is 5.39. The van der Waals surface area contributed by atoms with Crippen LogP contribution < -0.4 is 5.32 Å². The molecular weight excluding hydrogens is 522 g/mol. The zero-order valence-corrected chi connectivity index (χ0v) is 23.6. The van der Waals surface area contributed by atoms with Gasteiger partial charge in [-0.25, -0.2) is 9.78 Å². The van der Waals surface area contributed by atoms with Gasteiger partial charge < -0.3 is 19.9 Å². The van der Waals surface area contributed by atoms with Crippen molar-refractivity contribution in [2.75, 3.05) is 13.1 Å². The van der Waals surface area contributed by atoms with Gasteiger partial charge >= 0.3 is 6.09 Å². The Hall–Kier alpha value is -4.47. The number of fused-ring (bicyclic) bond motifs is 2. The normalized spacial score (nSPS) is 16.5. The van der Waals surface area contributed by atoms with Gasteiger partial charge in [-0.2, -0.15) is 0 Å². The summed E-state index contributed by atoms with van der Waals surface area (Å²) < 4.78 is 5.50. The van der Waals surface area contributed by atoms with Crippen molar-refractivity contribution in [3.8, 4) is 0 Å². The van der Waals surface area contributed by atoms with Crippen LogP contribution in [0.15, 0.2) is 60.7 Å². The number of benzene rings is 3. The lowest BCUT2D eigenvalue weighted by atomic mass is 9.95. The van der Waals surface area contributed by atoms with Crippen molar-refractivity contribution in [1.29, 1.82) is 0 Å². The molecule has 3 aromatic carbocycles. The molecule has 1 aromatic heterocycles. The summed E-state index contributed by atoms with van der Waals surface area (Å²) >= 11 is 0. The number of nitrogens with one attached hydrogen (secondary N) is 2. The predicted octanol–water partition coefficient (Wildman–Crippen LogP) is 5.86. The van der Waals surface area contributed by atoms with E-state index in [1.807, 2.05) is 35.2 Å². The average molecular weight is 558 g/mol. The number of nitro groups is 1. The number of H-pyrrole nitrogens is 1. The van der Waals surface area contributed by atoms with Crippen LogP contribution in [0.25, 0.3) is 21.8 Å². The Bertz CT molecular complexity index is 1590. The maximum atomic E-state index is 13.6. The molecule has 2 atom stereocenters. The second kappa shape index (κ2) is 11.6. The third-order valence-corrected chi connectivity index (χ3v) is 7.29. The van der Waals surface area contributed by atoms with Gasteiger partial charge in [0.25, 0.3) is 5.69 Å². The molecule has 1 fully saturated rings. The Morgan fingerprint density at radius 2 is 1.93 bits per heavy atom. The number of aromatic nitrogens is 2. The first-order valence-electron chi connectivity index (χ1n) is 13.9. The van der Waals surface area contributed by atoms with E-state index in [1.165, 1.54) is 12.1 Å². The molecule has 10 heteroatoms. The Morgan fingerprint density at radius 3 is 2.68 bits per heavy atom. The first-order chi connectivity index (χ1) is 19.5. The van der Waals surface area contributed by atoms with E-state index in [2.05, 4.69) is 27.4 Å². The maximum absolute atomic E-state index is 13.6. The molecule has 10 nitrogen and oxygen atoms in total. The van der Waals surface area contributed by atoms with Gasteiger partial charge in [-0.3, -0.25) is 14.9 Å². The van der Waals surface area contributed by atoms with Crippen LogP contribution in [-0.4, -0.2) is 56.5 Å². The number of piperidine rings is 1. The quantitative estimate of drug-likeness (QED) is 0.216. The van der Waals surface area contributed by atoms with Crippen molar-refractivity contribution in [3.63, 3.8) is 0 Å². The lowest BCUT2D eigenvalue weighted by Gasteiger charge is -2.33. The van der Waals surface area contributed by atoms with Crippen LogP contribution in [0.1, 0.15) is 57.3 Å². The van der Waals surface area contributed by atoms with Crippen molar-refractivity contribution >= 4 is 39.5 Å². The highest BCUT2D eigenvalue weighted by atomic mass is 16.6. The number of amides is 2. The lowest BCUT2D eigenvalue weighted by Crippen LogP contribution is -2.45. The lowest BCUT2D eigenvalue weighted by molar-refractivity contribution is -0.384. The summed E-state index contributed by atoms with van der Waals surface area (Å²) in [4.78, 5) is 46.7. The molecule has 0 aliphatic carbocycles. The van der Waals surface area contributed by atoms with Crippen LogP contribution in [0.4, 0.5) is 10.5 Å². The number of hydrogen-bond acceptors (Lipinski definition) is 6. The van der Waals surface area contributed by atoms with Crippen molar-refractivity contribution < 1.29 is 19.2 Å². The number of likely N-dealkylation sites (tertiary alicyclic amines) is 1. The SMILES string of the molecule is CC(C)(C)OC(=O)N[C@@H](CC(=O)N1CCC[C@@H](c2nc3ccc([N+](=O)[O-])cc3[nH]2)C1)Cc1ccc2ccccc2c1. The smallest absolute Gasteiger partial charge is 0.407 e. The summed E-state index contributed by atoms with van der Waals surface area (Å²) in [7, 11) is 0. The van der Waals surface area contributed by atoms with E-state index < -0.39 is 22.7 Å². The third kappa shape index (κ3) is 7.00. The number of rotatable bonds is 7. The van der Waals surface area contributed by atoms with Crippen LogP contribution in [0.3, 0.4) is 0 Å². The zero-order valence-electron chi connectivity index (χ0n) is 23.6. The van der Waals surface area contributed by atoms with E-state index in [9.17, 15) is 19.7 Å². The largest absolute Gasteiger partial charge is 0.444 e. The Balaban J connectivity index is 1.30. The number of non-ortho nitro benzene ring substituents is 1. The average Bonchev–Trinajstić information content (AvgIpc) is 3.35. The standard InChI is InChI=1S/C31H35N5O5/c1-31(2,3)41-30(38)32-24(16-20-10-11-21-7-4-5-8-22(21)15-20)17-28(37)35-14-6-9-23(19-35)29-33-26-13-12-25(36(39)40)18-27(26)34-29/h4-5,7-8,10-13,15,18,23-24H,6,9,14,16-17,19H2,1-3H3,(H,32,38)(H,33,34)/t23-,24-/m1/s1. The molecule has 1 aliphatic heterocycles. The van der Waals surface area contributed by atoms with Gasteiger partial charge in [0.05, 0.1) is 16.0 Å². The number of nitro benzene ring substituents is 1. The Morgan fingerprint density at radius 1 is 1.15 bits per heavy atom. The highest BCUT2D eigenvalue weighted by Crippen LogP contribution is 2.29. The van der Waals surface area contributed by atoms with Gasteiger partial charge in [-0.1, -0.05) is 42.5 Å². The van der Waals surface area contributed by atoms with Crippen LogP contribution in [-0.2, 0) is 16.0 Å². The number of carbonyl (C=O) groups is 2. The Labute approximate surface area is 238 Å². The first-order valence-corrected chi connectivity index (χ1v) is 13.9. The molecule has 1 saturated heterocycles. The summed E-state index contributed by atoms with van der Waals surface area (Å²) in [5, 5.41) is 16.3. The van der Waals surface area contributed by atoms with Gasteiger partial charge in [-0.15, -0.1) is 0 Å². The molecule has 41 heavy (non-hydrogen) atoms. The Kier molecular flexibility index (Phi) is 7.92. The second-order valence-corrected chi connectivity index (χ2v) is 11.7. The van der Waals surface area contributed by atoms with Crippen LogP contribution in [0.5, 0.6) is 0 Å². The fraction of sp³-hybridized carbons (Fsp3) is 0.387. The highest BCUT2D eigenvalue weighted by molar-refractivity contribution is 5.83. The van der Waals surface area contributed by atoms with E-state index in [4.69, 9.17) is 4.74 Å². The summed E-state index contributed by atoms with van der Waals surface area (Å²) in [6.45, 7) is 6.52. The first kappa shape index (κ1) is 28.1. The number of imidazole rings is 1. The van der Waals surface area contributed by atoms with Gasteiger partial charge in [-0.05, 0) is 62.4 Å². The monoisotopic (exact) mass is 557 g/mol. The second-order valence-electron chi connectivity index (χ2n) is 11.7. The molecule has 1 aliphatic rings. The van der Waals surface area contributed by atoms with Gasteiger partial charge in [0, 0.05) is 43.6 Å².